The van der Waals surface area contributed by atoms with Gasteiger partial charge in [0.25, 0.3) is 0 Å². The van der Waals surface area contributed by atoms with E-state index in [4.69, 9.17) is 15.2 Å². The highest BCUT2D eigenvalue weighted by Gasteiger charge is 2.16. The number of benzene rings is 1. The molecule has 2 N–H and O–H groups in total. The molecule has 0 saturated carbocycles. The predicted octanol–water partition coefficient (Wildman–Crippen LogP) is 0.940. The lowest BCUT2D eigenvalue weighted by Crippen LogP contribution is -2.25. The minimum absolute atomic E-state index is 0.0862. The monoisotopic (exact) mass is 248 g/mol. The highest BCUT2D eigenvalue weighted by Crippen LogP contribution is 2.33. The molecule has 96 valence electrons. The van der Waals surface area contributed by atoms with Crippen LogP contribution >= 0.6 is 0 Å². The van der Waals surface area contributed by atoms with E-state index in [0.29, 0.717) is 19.8 Å². The second-order valence-electron chi connectivity index (χ2n) is 4.42. The average molecular weight is 248 g/mol. The maximum Gasteiger partial charge on any atom is 0.163 e. The third kappa shape index (κ3) is 1.88. The minimum atomic E-state index is 0.0862. The SMILES string of the molecule is CCC(N)Cn1nnc2cc3c(cc21)OCCO3. The van der Waals surface area contributed by atoms with Crippen LogP contribution < -0.4 is 15.2 Å². The Bertz CT molecular complexity index is 566. The summed E-state index contributed by atoms with van der Waals surface area (Å²) in [6.45, 7) is 3.87. The molecule has 1 unspecified atom stereocenters. The molecule has 1 atom stereocenters. The van der Waals surface area contributed by atoms with Crippen molar-refractivity contribution in [2.45, 2.75) is 25.9 Å². The molecule has 0 bridgehead atoms. The number of aromatic nitrogens is 3. The number of rotatable bonds is 3. The van der Waals surface area contributed by atoms with Crippen LogP contribution in [0.3, 0.4) is 0 Å². The van der Waals surface area contributed by atoms with Gasteiger partial charge < -0.3 is 15.2 Å². The number of nitrogens with zero attached hydrogens (tertiary/aromatic N) is 3. The van der Waals surface area contributed by atoms with Gasteiger partial charge in [0.2, 0.25) is 0 Å². The van der Waals surface area contributed by atoms with Crippen LogP contribution in [0, 0.1) is 0 Å². The van der Waals surface area contributed by atoms with Gasteiger partial charge in [0.05, 0.1) is 12.1 Å². The first-order valence-corrected chi connectivity index (χ1v) is 6.16. The third-order valence-corrected chi connectivity index (χ3v) is 3.11. The van der Waals surface area contributed by atoms with Crippen LogP contribution in [-0.4, -0.2) is 34.2 Å². The van der Waals surface area contributed by atoms with Crippen LogP contribution in [0.5, 0.6) is 11.5 Å². The van der Waals surface area contributed by atoms with Gasteiger partial charge in [0.1, 0.15) is 18.7 Å². The van der Waals surface area contributed by atoms with E-state index in [0.717, 1.165) is 29.0 Å². The van der Waals surface area contributed by atoms with Crippen molar-refractivity contribution in [3.05, 3.63) is 12.1 Å². The normalized spacial score (nSPS) is 15.9. The number of nitrogens with two attached hydrogens (primary N) is 1. The summed E-state index contributed by atoms with van der Waals surface area (Å²) >= 11 is 0. The maximum atomic E-state index is 5.95. The molecule has 0 aliphatic carbocycles. The zero-order valence-corrected chi connectivity index (χ0v) is 10.3. The van der Waals surface area contributed by atoms with Crippen molar-refractivity contribution < 1.29 is 9.47 Å². The first kappa shape index (κ1) is 11.3. The van der Waals surface area contributed by atoms with Crippen molar-refractivity contribution in [2.75, 3.05) is 13.2 Å². The van der Waals surface area contributed by atoms with Gasteiger partial charge in [0, 0.05) is 18.2 Å². The molecule has 6 nitrogen and oxygen atoms in total. The van der Waals surface area contributed by atoms with Gasteiger partial charge in [-0.3, -0.25) is 0 Å². The Morgan fingerprint density at radius 3 is 2.78 bits per heavy atom. The zero-order valence-electron chi connectivity index (χ0n) is 10.3. The summed E-state index contributed by atoms with van der Waals surface area (Å²) in [5.74, 6) is 1.49. The Kier molecular flexibility index (Phi) is 2.79. The molecular weight excluding hydrogens is 232 g/mol. The molecule has 1 aromatic carbocycles. The van der Waals surface area contributed by atoms with Crippen LogP contribution in [0.1, 0.15) is 13.3 Å². The summed E-state index contributed by atoms with van der Waals surface area (Å²) < 4.78 is 12.9. The molecule has 1 aliphatic heterocycles. The van der Waals surface area contributed by atoms with E-state index in [1.807, 2.05) is 16.8 Å². The van der Waals surface area contributed by atoms with E-state index in [-0.39, 0.29) is 6.04 Å². The van der Waals surface area contributed by atoms with Crippen LogP contribution in [0.25, 0.3) is 11.0 Å². The number of hydrogen-bond acceptors (Lipinski definition) is 5. The largest absolute Gasteiger partial charge is 0.486 e. The van der Waals surface area contributed by atoms with E-state index >= 15 is 0 Å². The predicted molar refractivity (Wildman–Crippen MR) is 66.8 cm³/mol. The summed E-state index contributed by atoms with van der Waals surface area (Å²) in [6, 6.07) is 3.87. The van der Waals surface area contributed by atoms with Crippen LogP contribution in [0.15, 0.2) is 12.1 Å². The topological polar surface area (TPSA) is 75.2 Å². The van der Waals surface area contributed by atoms with Crippen molar-refractivity contribution in [3.63, 3.8) is 0 Å². The summed E-state index contributed by atoms with van der Waals surface area (Å²) in [5, 5.41) is 8.27. The molecule has 0 fully saturated rings. The van der Waals surface area contributed by atoms with Crippen LogP contribution in [0.2, 0.25) is 0 Å². The molecule has 1 aliphatic rings. The Balaban J connectivity index is 2.02. The summed E-state index contributed by atoms with van der Waals surface area (Å²) in [6.07, 6.45) is 0.909. The highest BCUT2D eigenvalue weighted by molar-refractivity contribution is 5.79. The highest BCUT2D eigenvalue weighted by atomic mass is 16.6. The molecule has 0 spiro atoms. The number of fused-ring (bicyclic) bond motifs is 2. The lowest BCUT2D eigenvalue weighted by Gasteiger charge is -2.18. The first-order chi connectivity index (χ1) is 8.78. The summed E-state index contributed by atoms with van der Waals surface area (Å²) in [4.78, 5) is 0. The lowest BCUT2D eigenvalue weighted by molar-refractivity contribution is 0.172. The molecule has 0 saturated heterocycles. The van der Waals surface area contributed by atoms with Gasteiger partial charge >= 0.3 is 0 Å². The third-order valence-electron chi connectivity index (χ3n) is 3.11. The smallest absolute Gasteiger partial charge is 0.163 e. The van der Waals surface area contributed by atoms with Gasteiger partial charge in [-0.25, -0.2) is 4.68 Å². The van der Waals surface area contributed by atoms with Crippen molar-refractivity contribution >= 4 is 11.0 Å². The minimum Gasteiger partial charge on any atom is -0.486 e. The molecular formula is C12H16N4O2. The molecule has 3 rings (SSSR count). The lowest BCUT2D eigenvalue weighted by atomic mass is 10.2. The Morgan fingerprint density at radius 2 is 2.06 bits per heavy atom. The second kappa shape index (κ2) is 4.45. The number of hydrogen-bond donors (Lipinski definition) is 1. The molecule has 2 heterocycles. The van der Waals surface area contributed by atoms with Gasteiger partial charge in [-0.05, 0) is 6.42 Å². The molecule has 2 aromatic rings. The fourth-order valence-corrected chi connectivity index (χ4v) is 1.99. The van der Waals surface area contributed by atoms with Gasteiger partial charge in [0.15, 0.2) is 11.5 Å². The van der Waals surface area contributed by atoms with Crippen molar-refractivity contribution in [2.24, 2.45) is 5.73 Å². The molecule has 0 amide bonds. The van der Waals surface area contributed by atoms with Crippen molar-refractivity contribution in [1.29, 1.82) is 0 Å². The first-order valence-electron chi connectivity index (χ1n) is 6.16. The Hall–Kier alpha value is -1.82. The van der Waals surface area contributed by atoms with E-state index in [1.54, 1.807) is 0 Å². The van der Waals surface area contributed by atoms with Gasteiger partial charge in [-0.2, -0.15) is 0 Å². The fraction of sp³-hybridized carbons (Fsp3) is 0.500. The summed E-state index contributed by atoms with van der Waals surface area (Å²) in [7, 11) is 0. The van der Waals surface area contributed by atoms with Gasteiger partial charge in [-0.1, -0.05) is 12.1 Å². The molecule has 6 heteroatoms. The van der Waals surface area contributed by atoms with E-state index < -0.39 is 0 Å². The van der Waals surface area contributed by atoms with Gasteiger partial charge in [-0.15, -0.1) is 5.10 Å². The van der Waals surface area contributed by atoms with Crippen molar-refractivity contribution in [1.82, 2.24) is 15.0 Å². The van der Waals surface area contributed by atoms with E-state index in [9.17, 15) is 0 Å². The second-order valence-corrected chi connectivity index (χ2v) is 4.42. The average Bonchev–Trinajstić information content (AvgIpc) is 2.78. The van der Waals surface area contributed by atoms with Crippen LogP contribution in [-0.2, 0) is 6.54 Å². The van der Waals surface area contributed by atoms with E-state index in [2.05, 4.69) is 17.2 Å². The van der Waals surface area contributed by atoms with Crippen LogP contribution in [0.4, 0.5) is 0 Å². The van der Waals surface area contributed by atoms with E-state index in [1.165, 1.54) is 0 Å². The standard InChI is InChI=1S/C12H16N4O2/c1-2-8(13)7-16-10-6-12-11(17-3-4-18-12)5-9(10)14-15-16/h5-6,8H,2-4,7,13H2,1H3. The molecule has 18 heavy (non-hydrogen) atoms. The quantitative estimate of drug-likeness (QED) is 0.875. The number of ether oxygens (including phenoxy) is 2. The molecule has 0 radical (unpaired) electrons. The zero-order chi connectivity index (χ0) is 12.5. The summed E-state index contributed by atoms with van der Waals surface area (Å²) in [5.41, 5.74) is 7.69. The molecule has 1 aromatic heterocycles. The Morgan fingerprint density at radius 1 is 1.33 bits per heavy atom. The Labute approximate surface area is 105 Å². The fourth-order valence-electron chi connectivity index (χ4n) is 1.99. The maximum absolute atomic E-state index is 5.95. The van der Waals surface area contributed by atoms with Crippen molar-refractivity contribution in [3.8, 4) is 11.5 Å².